The van der Waals surface area contributed by atoms with Crippen LogP contribution in [-0.4, -0.2) is 23.9 Å². The molecule has 1 atom stereocenters. The van der Waals surface area contributed by atoms with Crippen molar-refractivity contribution in [3.8, 4) is 0 Å². The second-order valence-corrected chi connectivity index (χ2v) is 6.07. The van der Waals surface area contributed by atoms with Gasteiger partial charge in [0.2, 0.25) is 5.91 Å². The average Bonchev–Trinajstić information content (AvgIpc) is 2.51. The van der Waals surface area contributed by atoms with E-state index in [1.165, 1.54) is 5.56 Å². The Kier molecular flexibility index (Phi) is 6.05. The molecule has 0 radical (unpaired) electrons. The zero-order chi connectivity index (χ0) is 15.5. The second kappa shape index (κ2) is 7.82. The molecule has 23 heavy (non-hydrogen) atoms. The first-order valence-corrected chi connectivity index (χ1v) is 7.88. The number of fused-ring (bicyclic) bond motifs is 1. The lowest BCUT2D eigenvalue weighted by Gasteiger charge is -2.34. The fourth-order valence-corrected chi connectivity index (χ4v) is 3.12. The van der Waals surface area contributed by atoms with Crippen molar-refractivity contribution in [2.75, 3.05) is 13.1 Å². The number of carbonyl (C=O) groups excluding carboxylic acids is 1. The van der Waals surface area contributed by atoms with Crippen molar-refractivity contribution in [2.45, 2.75) is 18.9 Å². The molecule has 0 aromatic heterocycles. The van der Waals surface area contributed by atoms with E-state index in [1.807, 2.05) is 53.4 Å². The lowest BCUT2D eigenvalue weighted by Crippen LogP contribution is -2.41. The van der Waals surface area contributed by atoms with Crippen LogP contribution >= 0.6 is 24.0 Å². The zero-order valence-corrected chi connectivity index (χ0v) is 14.3. The van der Waals surface area contributed by atoms with Crippen LogP contribution in [0.25, 0.3) is 0 Å². The standard InChI is InChI=1S/C18H19ClN2O.ClH/c19-15-7-6-14-10-17(16(14)11-15)18(22)21(9-8-20)12-13-4-2-1-3-5-13;/h1-7,11,17H,8-10,12,20H2;1H/t17-;/m1./s1. The molecule has 0 saturated carbocycles. The lowest BCUT2D eigenvalue weighted by molar-refractivity contribution is -0.133. The molecule has 0 bridgehead atoms. The molecule has 0 heterocycles. The van der Waals surface area contributed by atoms with Gasteiger partial charge in [0, 0.05) is 24.7 Å². The van der Waals surface area contributed by atoms with Gasteiger partial charge >= 0.3 is 0 Å². The first-order chi connectivity index (χ1) is 10.7. The van der Waals surface area contributed by atoms with Crippen molar-refractivity contribution in [1.82, 2.24) is 4.90 Å². The molecule has 0 aliphatic heterocycles. The van der Waals surface area contributed by atoms with E-state index in [-0.39, 0.29) is 24.2 Å². The molecule has 2 aromatic rings. The molecule has 3 nitrogen and oxygen atoms in total. The van der Waals surface area contributed by atoms with Gasteiger partial charge in [-0.25, -0.2) is 0 Å². The van der Waals surface area contributed by atoms with Crippen molar-refractivity contribution < 1.29 is 4.79 Å². The highest BCUT2D eigenvalue weighted by Gasteiger charge is 2.34. The number of halogens is 2. The monoisotopic (exact) mass is 350 g/mol. The Balaban J connectivity index is 0.00000192. The molecule has 0 unspecified atom stereocenters. The van der Waals surface area contributed by atoms with Gasteiger partial charge in [0.15, 0.2) is 0 Å². The fourth-order valence-electron chi connectivity index (χ4n) is 2.94. The van der Waals surface area contributed by atoms with E-state index in [4.69, 9.17) is 17.3 Å². The van der Waals surface area contributed by atoms with Crippen LogP contribution < -0.4 is 5.73 Å². The summed E-state index contributed by atoms with van der Waals surface area (Å²) in [6, 6.07) is 15.8. The minimum atomic E-state index is -0.0797. The Hall–Kier alpha value is -1.55. The quantitative estimate of drug-likeness (QED) is 0.898. The van der Waals surface area contributed by atoms with Gasteiger partial charge in [0.25, 0.3) is 0 Å². The highest BCUT2D eigenvalue weighted by atomic mass is 35.5. The molecule has 0 spiro atoms. The normalized spacial score (nSPS) is 15.1. The Morgan fingerprint density at radius 3 is 2.65 bits per heavy atom. The Morgan fingerprint density at radius 1 is 1.22 bits per heavy atom. The predicted octanol–water partition coefficient (Wildman–Crippen LogP) is 3.39. The summed E-state index contributed by atoms with van der Waals surface area (Å²) in [5, 5.41) is 0.685. The lowest BCUT2D eigenvalue weighted by atomic mass is 9.76. The smallest absolute Gasteiger partial charge is 0.230 e. The number of benzene rings is 2. The molecular formula is C18H20Cl2N2O. The van der Waals surface area contributed by atoms with E-state index in [1.54, 1.807) is 0 Å². The van der Waals surface area contributed by atoms with Crippen LogP contribution in [0.5, 0.6) is 0 Å². The van der Waals surface area contributed by atoms with E-state index < -0.39 is 0 Å². The Morgan fingerprint density at radius 2 is 1.96 bits per heavy atom. The summed E-state index contributed by atoms with van der Waals surface area (Å²) in [5.41, 5.74) is 9.08. The summed E-state index contributed by atoms with van der Waals surface area (Å²) in [5.74, 6) is 0.0630. The van der Waals surface area contributed by atoms with E-state index in [0.717, 1.165) is 17.5 Å². The van der Waals surface area contributed by atoms with Crippen LogP contribution in [0.3, 0.4) is 0 Å². The first-order valence-electron chi connectivity index (χ1n) is 7.50. The Bertz CT molecular complexity index is 676. The van der Waals surface area contributed by atoms with E-state index in [2.05, 4.69) is 0 Å². The summed E-state index contributed by atoms with van der Waals surface area (Å²) in [6.45, 7) is 1.64. The van der Waals surface area contributed by atoms with Crippen molar-refractivity contribution in [2.24, 2.45) is 5.73 Å². The molecule has 5 heteroatoms. The van der Waals surface area contributed by atoms with Gasteiger partial charge < -0.3 is 10.6 Å². The maximum Gasteiger partial charge on any atom is 0.230 e. The largest absolute Gasteiger partial charge is 0.337 e. The Labute approximate surface area is 147 Å². The molecule has 2 aromatic carbocycles. The van der Waals surface area contributed by atoms with Crippen molar-refractivity contribution >= 4 is 29.9 Å². The topological polar surface area (TPSA) is 46.3 Å². The van der Waals surface area contributed by atoms with E-state index >= 15 is 0 Å². The molecule has 2 N–H and O–H groups in total. The summed E-state index contributed by atoms with van der Waals surface area (Å²) in [6.07, 6.45) is 0.793. The molecule has 1 amide bonds. The summed E-state index contributed by atoms with van der Waals surface area (Å²) >= 11 is 6.05. The maximum absolute atomic E-state index is 12.8. The van der Waals surface area contributed by atoms with Crippen LogP contribution in [-0.2, 0) is 17.8 Å². The number of hydrogen-bond acceptors (Lipinski definition) is 2. The molecular weight excluding hydrogens is 331 g/mol. The van der Waals surface area contributed by atoms with E-state index in [9.17, 15) is 4.79 Å². The summed E-state index contributed by atoms with van der Waals surface area (Å²) in [7, 11) is 0. The summed E-state index contributed by atoms with van der Waals surface area (Å²) < 4.78 is 0. The van der Waals surface area contributed by atoms with Crippen LogP contribution in [0.1, 0.15) is 22.6 Å². The number of amides is 1. The number of hydrogen-bond donors (Lipinski definition) is 1. The number of nitrogens with zero attached hydrogens (tertiary/aromatic N) is 1. The second-order valence-electron chi connectivity index (χ2n) is 5.63. The van der Waals surface area contributed by atoms with Crippen molar-refractivity contribution in [3.63, 3.8) is 0 Å². The molecule has 122 valence electrons. The van der Waals surface area contributed by atoms with Crippen LogP contribution in [0.4, 0.5) is 0 Å². The van der Waals surface area contributed by atoms with Crippen LogP contribution in [0, 0.1) is 0 Å². The van der Waals surface area contributed by atoms with Gasteiger partial charge in [-0.3, -0.25) is 4.79 Å². The highest BCUT2D eigenvalue weighted by Crippen LogP contribution is 2.38. The minimum absolute atomic E-state index is 0. The third-order valence-corrected chi connectivity index (χ3v) is 4.37. The number of rotatable bonds is 5. The van der Waals surface area contributed by atoms with Crippen molar-refractivity contribution in [3.05, 3.63) is 70.2 Å². The summed E-state index contributed by atoms with van der Waals surface area (Å²) in [4.78, 5) is 14.7. The minimum Gasteiger partial charge on any atom is -0.337 e. The highest BCUT2D eigenvalue weighted by molar-refractivity contribution is 6.30. The number of carbonyl (C=O) groups is 1. The SMILES string of the molecule is Cl.NCCN(Cc1ccccc1)C(=O)[C@@H]1Cc2ccc(Cl)cc21. The number of nitrogens with two attached hydrogens (primary N) is 1. The van der Waals surface area contributed by atoms with Gasteiger partial charge in [-0.05, 0) is 35.2 Å². The molecule has 3 rings (SSSR count). The van der Waals surface area contributed by atoms with Gasteiger partial charge in [0.05, 0.1) is 5.92 Å². The molecule has 0 fully saturated rings. The van der Waals surface area contributed by atoms with Gasteiger partial charge in [0.1, 0.15) is 0 Å². The van der Waals surface area contributed by atoms with Gasteiger partial charge in [-0.15, -0.1) is 12.4 Å². The predicted molar refractivity (Wildman–Crippen MR) is 96.1 cm³/mol. The first kappa shape index (κ1) is 17.8. The zero-order valence-electron chi connectivity index (χ0n) is 12.7. The molecule has 1 aliphatic rings. The van der Waals surface area contributed by atoms with Gasteiger partial charge in [-0.1, -0.05) is 48.0 Å². The third-order valence-electron chi connectivity index (χ3n) is 4.13. The van der Waals surface area contributed by atoms with Crippen molar-refractivity contribution in [1.29, 1.82) is 0 Å². The maximum atomic E-state index is 12.8. The van der Waals surface area contributed by atoms with Crippen LogP contribution in [0.2, 0.25) is 5.02 Å². The van der Waals surface area contributed by atoms with Crippen LogP contribution in [0.15, 0.2) is 48.5 Å². The molecule has 0 saturated heterocycles. The fraction of sp³-hybridized carbons (Fsp3) is 0.278. The third kappa shape index (κ3) is 3.86. The molecule has 1 aliphatic carbocycles. The van der Waals surface area contributed by atoms with Gasteiger partial charge in [-0.2, -0.15) is 0 Å². The van der Waals surface area contributed by atoms with E-state index in [0.29, 0.717) is 24.7 Å². The average molecular weight is 351 g/mol.